The van der Waals surface area contributed by atoms with Gasteiger partial charge in [-0.25, -0.2) is 4.39 Å². The van der Waals surface area contributed by atoms with E-state index in [0.717, 1.165) is 12.4 Å². The topological polar surface area (TPSA) is 85.1 Å². The number of halogens is 1. The van der Waals surface area contributed by atoms with Gasteiger partial charge in [0.15, 0.2) is 0 Å². The van der Waals surface area contributed by atoms with Gasteiger partial charge < -0.3 is 14.6 Å². The summed E-state index contributed by atoms with van der Waals surface area (Å²) in [6, 6.07) is 3.96. The Morgan fingerprint density at radius 2 is 2.24 bits per heavy atom. The Morgan fingerprint density at radius 3 is 2.76 bits per heavy atom. The molecule has 7 heteroatoms. The highest BCUT2D eigenvalue weighted by Gasteiger charge is 2.44. The number of benzene rings is 1. The molecule has 0 unspecified atom stereocenters. The number of aromatic nitrogens is 2. The quantitative estimate of drug-likeness (QED) is 0.865. The predicted octanol–water partition coefficient (Wildman–Crippen LogP) is 1.65. The van der Waals surface area contributed by atoms with Crippen LogP contribution in [0.2, 0.25) is 0 Å². The summed E-state index contributed by atoms with van der Waals surface area (Å²) in [5, 5.41) is 6.23. The van der Waals surface area contributed by atoms with E-state index < -0.39 is 17.3 Å². The molecule has 1 N–H and O–H groups in total. The van der Waals surface area contributed by atoms with Crippen LogP contribution in [-0.2, 0) is 4.79 Å². The summed E-state index contributed by atoms with van der Waals surface area (Å²) in [7, 11) is 0. The highest BCUT2D eigenvalue weighted by atomic mass is 19.1. The molecule has 0 bridgehead atoms. The predicted molar refractivity (Wildman–Crippen MR) is 69.9 cm³/mol. The summed E-state index contributed by atoms with van der Waals surface area (Å²) in [6.07, 6.45) is 1.95. The molecule has 0 radical (unpaired) electrons. The van der Waals surface area contributed by atoms with E-state index in [0.29, 0.717) is 18.7 Å². The fraction of sp³-hybridized carbons (Fsp3) is 0.286. The van der Waals surface area contributed by atoms with Gasteiger partial charge >= 0.3 is 0 Å². The number of carbonyl (C=O) groups excluding carboxylic acids is 2. The first kappa shape index (κ1) is 13.4. The number of carbonyl (C=O) groups is 2. The third kappa shape index (κ3) is 2.54. The van der Waals surface area contributed by atoms with Crippen molar-refractivity contribution in [3.8, 4) is 11.4 Å². The van der Waals surface area contributed by atoms with Crippen LogP contribution >= 0.6 is 0 Å². The number of nitrogens with zero attached hydrogens (tertiary/aromatic N) is 2. The van der Waals surface area contributed by atoms with E-state index in [1.165, 1.54) is 12.1 Å². The molecule has 0 aliphatic heterocycles. The molecule has 1 heterocycles. The largest absolute Gasteiger partial charge is 0.340 e. The van der Waals surface area contributed by atoms with Gasteiger partial charge in [0.25, 0.3) is 5.91 Å². The van der Waals surface area contributed by atoms with E-state index in [-0.39, 0.29) is 17.0 Å². The van der Waals surface area contributed by atoms with Crippen LogP contribution in [0.5, 0.6) is 0 Å². The zero-order valence-electron chi connectivity index (χ0n) is 11.2. The number of hydrogen-bond acceptors (Lipinski definition) is 5. The van der Waals surface area contributed by atoms with E-state index in [9.17, 15) is 14.0 Å². The Morgan fingerprint density at radius 1 is 1.48 bits per heavy atom. The van der Waals surface area contributed by atoms with Crippen LogP contribution in [0, 0.1) is 12.7 Å². The van der Waals surface area contributed by atoms with E-state index in [1.807, 2.05) is 0 Å². The number of aldehydes is 1. The van der Waals surface area contributed by atoms with Gasteiger partial charge in [-0.05, 0) is 31.0 Å². The van der Waals surface area contributed by atoms with E-state index in [4.69, 9.17) is 4.52 Å². The molecular weight excluding hydrogens is 277 g/mol. The van der Waals surface area contributed by atoms with Crippen LogP contribution in [0.3, 0.4) is 0 Å². The van der Waals surface area contributed by atoms with Crippen molar-refractivity contribution in [3.05, 3.63) is 35.5 Å². The first-order valence-corrected chi connectivity index (χ1v) is 6.42. The zero-order chi connectivity index (χ0) is 15.0. The number of aryl methyl sites for hydroxylation is 1. The normalized spacial score (nSPS) is 15.5. The summed E-state index contributed by atoms with van der Waals surface area (Å²) in [5.41, 5.74) is -0.471. The molecule has 0 atom stereocenters. The van der Waals surface area contributed by atoms with Crippen LogP contribution in [-0.4, -0.2) is 27.9 Å². The number of rotatable bonds is 4. The van der Waals surface area contributed by atoms with Crippen molar-refractivity contribution in [3.63, 3.8) is 0 Å². The van der Waals surface area contributed by atoms with Crippen molar-refractivity contribution in [2.45, 2.75) is 25.3 Å². The molecule has 3 rings (SSSR count). The molecule has 21 heavy (non-hydrogen) atoms. The fourth-order valence-electron chi connectivity index (χ4n) is 1.95. The minimum Gasteiger partial charge on any atom is -0.340 e. The standard InChI is InChI=1S/C14H12FN3O3/c1-8-16-12(18-21-8)10-3-2-9(6-11(10)15)13(20)17-14(7-19)4-5-14/h2-3,6-7H,4-5H2,1H3,(H,17,20). The van der Waals surface area contributed by atoms with Gasteiger partial charge in [-0.2, -0.15) is 4.98 Å². The molecule has 1 amide bonds. The van der Waals surface area contributed by atoms with Gasteiger partial charge in [0.05, 0.1) is 11.1 Å². The summed E-state index contributed by atoms with van der Waals surface area (Å²) in [5.74, 6) is -0.648. The van der Waals surface area contributed by atoms with Crippen molar-refractivity contribution in [2.24, 2.45) is 0 Å². The van der Waals surface area contributed by atoms with Gasteiger partial charge in [0.1, 0.15) is 12.1 Å². The minimum absolute atomic E-state index is 0.128. The molecule has 0 spiro atoms. The fourth-order valence-corrected chi connectivity index (χ4v) is 1.95. The molecule has 2 aromatic rings. The second kappa shape index (κ2) is 4.76. The van der Waals surface area contributed by atoms with Gasteiger partial charge in [0, 0.05) is 12.5 Å². The third-order valence-corrected chi connectivity index (χ3v) is 3.38. The highest BCUT2D eigenvalue weighted by Crippen LogP contribution is 2.33. The van der Waals surface area contributed by atoms with Crippen LogP contribution < -0.4 is 5.32 Å². The SMILES string of the molecule is Cc1nc(-c2ccc(C(=O)NC3(C=O)CC3)cc2F)no1. The number of hydrogen-bond donors (Lipinski definition) is 1. The lowest BCUT2D eigenvalue weighted by Crippen LogP contribution is -2.38. The smallest absolute Gasteiger partial charge is 0.252 e. The summed E-state index contributed by atoms with van der Waals surface area (Å²) in [6.45, 7) is 1.60. The molecule has 1 aromatic carbocycles. The Kier molecular flexibility index (Phi) is 3.04. The molecule has 1 saturated carbocycles. The lowest BCUT2D eigenvalue weighted by molar-refractivity contribution is -0.110. The number of nitrogens with one attached hydrogen (secondary N) is 1. The zero-order valence-corrected chi connectivity index (χ0v) is 11.2. The average molecular weight is 289 g/mol. The van der Waals surface area contributed by atoms with E-state index >= 15 is 0 Å². The molecule has 1 fully saturated rings. The van der Waals surface area contributed by atoms with Crippen molar-refractivity contribution >= 4 is 12.2 Å². The second-order valence-electron chi connectivity index (χ2n) is 5.06. The molecule has 1 aliphatic rings. The minimum atomic E-state index is -0.767. The first-order valence-electron chi connectivity index (χ1n) is 6.42. The van der Waals surface area contributed by atoms with E-state index in [1.54, 1.807) is 6.92 Å². The van der Waals surface area contributed by atoms with Gasteiger partial charge in [0.2, 0.25) is 11.7 Å². The maximum absolute atomic E-state index is 14.1. The van der Waals surface area contributed by atoms with Crippen LogP contribution in [0.4, 0.5) is 4.39 Å². The van der Waals surface area contributed by atoms with Crippen molar-refractivity contribution in [1.82, 2.24) is 15.5 Å². The molecule has 1 aliphatic carbocycles. The molecule has 6 nitrogen and oxygen atoms in total. The second-order valence-corrected chi connectivity index (χ2v) is 5.06. The van der Waals surface area contributed by atoms with E-state index in [2.05, 4.69) is 15.5 Å². The third-order valence-electron chi connectivity index (χ3n) is 3.38. The van der Waals surface area contributed by atoms with Crippen molar-refractivity contribution in [1.29, 1.82) is 0 Å². The molecule has 108 valence electrons. The van der Waals surface area contributed by atoms with Crippen molar-refractivity contribution in [2.75, 3.05) is 0 Å². The average Bonchev–Trinajstić information content (AvgIpc) is 3.11. The molecular formula is C14H12FN3O3. The summed E-state index contributed by atoms with van der Waals surface area (Å²) >= 11 is 0. The highest BCUT2D eigenvalue weighted by molar-refractivity contribution is 5.97. The summed E-state index contributed by atoms with van der Waals surface area (Å²) < 4.78 is 18.9. The lowest BCUT2D eigenvalue weighted by Gasteiger charge is -2.10. The van der Waals surface area contributed by atoms with Gasteiger partial charge in [-0.15, -0.1) is 0 Å². The van der Waals surface area contributed by atoms with Crippen LogP contribution in [0.25, 0.3) is 11.4 Å². The molecule has 1 aromatic heterocycles. The van der Waals surface area contributed by atoms with Gasteiger partial charge in [-0.1, -0.05) is 5.16 Å². The first-order chi connectivity index (χ1) is 10.0. The Bertz CT molecular complexity index is 722. The maximum Gasteiger partial charge on any atom is 0.252 e. The Hall–Kier alpha value is -2.57. The van der Waals surface area contributed by atoms with Gasteiger partial charge in [-0.3, -0.25) is 4.79 Å². The monoisotopic (exact) mass is 289 g/mol. The maximum atomic E-state index is 14.1. The number of amides is 1. The Labute approximate surface area is 119 Å². The lowest BCUT2D eigenvalue weighted by atomic mass is 10.1. The Balaban J connectivity index is 1.84. The van der Waals surface area contributed by atoms with Crippen LogP contribution in [0.15, 0.2) is 22.7 Å². The van der Waals surface area contributed by atoms with Crippen LogP contribution in [0.1, 0.15) is 29.1 Å². The summed E-state index contributed by atoms with van der Waals surface area (Å²) in [4.78, 5) is 26.8. The molecule has 0 saturated heterocycles. The van der Waals surface area contributed by atoms with Crippen molar-refractivity contribution < 1.29 is 18.5 Å².